The lowest BCUT2D eigenvalue weighted by Crippen LogP contribution is -2.31. The van der Waals surface area contributed by atoms with Crippen molar-refractivity contribution >= 4 is 23.9 Å². The first kappa shape index (κ1) is 17.9. The normalized spacial score (nSPS) is 23.8. The third-order valence-electron chi connectivity index (χ3n) is 5.07. The molecule has 0 spiro atoms. The molecule has 6 heteroatoms. The molecule has 23 heavy (non-hydrogen) atoms. The van der Waals surface area contributed by atoms with Crippen molar-refractivity contribution in [2.75, 3.05) is 19.6 Å². The maximum Gasteiger partial charge on any atom is 0.269 e. The van der Waals surface area contributed by atoms with Gasteiger partial charge in [-0.1, -0.05) is 6.42 Å². The molecule has 0 amide bonds. The van der Waals surface area contributed by atoms with Crippen LogP contribution in [0.15, 0.2) is 24.3 Å². The van der Waals surface area contributed by atoms with Gasteiger partial charge < -0.3 is 4.90 Å². The smallest absolute Gasteiger partial charge is 0.269 e. The molecule has 1 saturated carbocycles. The van der Waals surface area contributed by atoms with E-state index in [0.29, 0.717) is 12.0 Å². The molecule has 1 aromatic rings. The fourth-order valence-corrected chi connectivity index (χ4v) is 3.80. The highest BCUT2D eigenvalue weighted by Crippen LogP contribution is 2.36. The summed E-state index contributed by atoms with van der Waals surface area (Å²) >= 11 is 0. The average molecular weight is 339 g/mol. The minimum atomic E-state index is -0.444. The summed E-state index contributed by atoms with van der Waals surface area (Å²) in [7, 11) is 0. The summed E-state index contributed by atoms with van der Waals surface area (Å²) in [5.41, 5.74) is 0.599. The Balaban J connectivity index is 0.00000192. The number of likely N-dealkylation sites (tertiary alicyclic amines) is 1. The van der Waals surface area contributed by atoms with Crippen LogP contribution in [0.25, 0.3) is 0 Å². The molecule has 2 bridgehead atoms. The van der Waals surface area contributed by atoms with E-state index in [0.717, 1.165) is 31.5 Å². The largest absolute Gasteiger partial charge is 0.303 e. The van der Waals surface area contributed by atoms with Crippen LogP contribution < -0.4 is 0 Å². The van der Waals surface area contributed by atoms with Gasteiger partial charge in [-0.15, -0.1) is 12.4 Å². The highest BCUT2D eigenvalue weighted by Gasteiger charge is 2.29. The predicted molar refractivity (Wildman–Crippen MR) is 91.2 cm³/mol. The summed E-state index contributed by atoms with van der Waals surface area (Å²) in [6.07, 6.45) is 5.86. The number of hydrogen-bond acceptors (Lipinski definition) is 4. The molecule has 0 aromatic heterocycles. The van der Waals surface area contributed by atoms with Crippen molar-refractivity contribution in [3.63, 3.8) is 0 Å². The van der Waals surface area contributed by atoms with E-state index < -0.39 is 4.92 Å². The van der Waals surface area contributed by atoms with Gasteiger partial charge in [0.05, 0.1) is 4.92 Å². The zero-order valence-corrected chi connectivity index (χ0v) is 14.0. The van der Waals surface area contributed by atoms with Crippen LogP contribution in [0.2, 0.25) is 0 Å². The number of hydrogen-bond donors (Lipinski definition) is 0. The van der Waals surface area contributed by atoms with Gasteiger partial charge in [0.25, 0.3) is 5.69 Å². The summed E-state index contributed by atoms with van der Waals surface area (Å²) in [4.78, 5) is 24.8. The molecule has 5 nitrogen and oxygen atoms in total. The van der Waals surface area contributed by atoms with E-state index in [4.69, 9.17) is 0 Å². The number of Topliss-reactive ketones (excluding diaryl/α,β-unsaturated/α-hetero) is 1. The molecule has 1 aromatic carbocycles. The quantitative estimate of drug-likeness (QED) is 0.466. The summed E-state index contributed by atoms with van der Waals surface area (Å²) < 4.78 is 0. The SMILES string of the molecule is Cl.O=C(CCN1CCC2CCC(C2)C1)c1ccc([N+](=O)[O-])cc1. The van der Waals surface area contributed by atoms with Crippen LogP contribution in [0.3, 0.4) is 0 Å². The van der Waals surface area contributed by atoms with Gasteiger partial charge in [0.15, 0.2) is 5.78 Å². The number of nitro benzene ring substituents is 1. The Morgan fingerprint density at radius 1 is 1.17 bits per heavy atom. The molecule has 1 aliphatic carbocycles. The number of fused-ring (bicyclic) bond motifs is 2. The Morgan fingerprint density at radius 3 is 2.57 bits per heavy atom. The summed E-state index contributed by atoms with van der Waals surface area (Å²) in [5, 5.41) is 10.6. The molecule has 126 valence electrons. The second kappa shape index (κ2) is 7.88. The second-order valence-corrected chi connectivity index (χ2v) is 6.61. The first-order valence-electron chi connectivity index (χ1n) is 8.12. The minimum Gasteiger partial charge on any atom is -0.303 e. The Kier molecular flexibility index (Phi) is 6.13. The topological polar surface area (TPSA) is 63.5 Å². The van der Waals surface area contributed by atoms with Crippen molar-refractivity contribution in [1.82, 2.24) is 4.90 Å². The van der Waals surface area contributed by atoms with Gasteiger partial charge in [-0.2, -0.15) is 0 Å². The van der Waals surface area contributed by atoms with Crippen molar-refractivity contribution in [2.24, 2.45) is 11.8 Å². The van der Waals surface area contributed by atoms with Crippen molar-refractivity contribution in [1.29, 1.82) is 0 Å². The highest BCUT2D eigenvalue weighted by molar-refractivity contribution is 5.96. The number of halogens is 1. The molecular weight excluding hydrogens is 316 g/mol. The van der Waals surface area contributed by atoms with Crippen molar-refractivity contribution in [3.8, 4) is 0 Å². The number of nitrogens with zero attached hydrogens (tertiary/aromatic N) is 2. The lowest BCUT2D eigenvalue weighted by Gasteiger charge is -2.24. The molecule has 0 N–H and O–H groups in total. The van der Waals surface area contributed by atoms with Crippen LogP contribution in [-0.4, -0.2) is 35.2 Å². The average Bonchev–Trinajstić information content (AvgIpc) is 2.85. The minimum absolute atomic E-state index is 0. The van der Waals surface area contributed by atoms with Crippen molar-refractivity contribution < 1.29 is 9.72 Å². The standard InChI is InChI=1S/C17H22N2O3.ClH/c20-17(15-3-5-16(6-4-15)19(21)22)8-10-18-9-7-13-1-2-14(11-13)12-18;/h3-6,13-14H,1-2,7-12H2;1H. The number of ketones is 1. The lowest BCUT2D eigenvalue weighted by atomic mass is 10.0. The van der Waals surface area contributed by atoms with Gasteiger partial charge in [-0.25, -0.2) is 0 Å². The number of carbonyl (C=O) groups excluding carboxylic acids is 1. The van der Waals surface area contributed by atoms with E-state index in [1.54, 1.807) is 12.1 Å². The van der Waals surface area contributed by atoms with Crippen molar-refractivity contribution in [3.05, 3.63) is 39.9 Å². The van der Waals surface area contributed by atoms with E-state index in [1.165, 1.54) is 37.8 Å². The zero-order valence-electron chi connectivity index (χ0n) is 13.1. The molecule has 1 heterocycles. The van der Waals surface area contributed by atoms with Gasteiger partial charge >= 0.3 is 0 Å². The van der Waals surface area contributed by atoms with Crippen LogP contribution in [0.1, 0.15) is 42.5 Å². The van der Waals surface area contributed by atoms with Crippen LogP contribution >= 0.6 is 12.4 Å². The molecular formula is C17H23ClN2O3. The van der Waals surface area contributed by atoms with E-state index in [1.807, 2.05) is 0 Å². The lowest BCUT2D eigenvalue weighted by molar-refractivity contribution is -0.384. The van der Waals surface area contributed by atoms with Crippen LogP contribution in [0.5, 0.6) is 0 Å². The summed E-state index contributed by atoms with van der Waals surface area (Å²) in [5.74, 6) is 1.80. The second-order valence-electron chi connectivity index (χ2n) is 6.61. The molecule has 2 aliphatic rings. The molecule has 3 rings (SSSR count). The molecule has 0 radical (unpaired) electrons. The van der Waals surface area contributed by atoms with E-state index in [9.17, 15) is 14.9 Å². The Hall–Kier alpha value is -1.46. The third-order valence-corrected chi connectivity index (χ3v) is 5.07. The maximum absolute atomic E-state index is 12.2. The number of benzene rings is 1. The maximum atomic E-state index is 12.2. The summed E-state index contributed by atoms with van der Waals surface area (Å²) in [6, 6.07) is 5.92. The zero-order chi connectivity index (χ0) is 15.5. The Morgan fingerprint density at radius 2 is 1.87 bits per heavy atom. The van der Waals surface area contributed by atoms with E-state index >= 15 is 0 Å². The van der Waals surface area contributed by atoms with Gasteiger partial charge in [0.1, 0.15) is 0 Å². The van der Waals surface area contributed by atoms with Crippen LogP contribution in [-0.2, 0) is 0 Å². The molecule has 1 saturated heterocycles. The summed E-state index contributed by atoms with van der Waals surface area (Å²) in [6.45, 7) is 3.04. The van der Waals surface area contributed by atoms with Gasteiger partial charge in [0, 0.05) is 37.2 Å². The fraction of sp³-hybridized carbons (Fsp3) is 0.588. The Bertz CT molecular complexity index is 561. The molecule has 2 unspecified atom stereocenters. The number of rotatable bonds is 5. The monoisotopic (exact) mass is 338 g/mol. The van der Waals surface area contributed by atoms with Crippen LogP contribution in [0.4, 0.5) is 5.69 Å². The highest BCUT2D eigenvalue weighted by atomic mass is 35.5. The molecule has 2 atom stereocenters. The third kappa shape index (κ3) is 4.52. The molecule has 2 fully saturated rings. The van der Waals surface area contributed by atoms with E-state index in [-0.39, 0.29) is 23.9 Å². The first-order valence-corrected chi connectivity index (χ1v) is 8.12. The number of carbonyl (C=O) groups is 1. The van der Waals surface area contributed by atoms with Gasteiger partial charge in [0.2, 0.25) is 0 Å². The van der Waals surface area contributed by atoms with E-state index in [2.05, 4.69) is 4.90 Å². The van der Waals surface area contributed by atoms with Gasteiger partial charge in [-0.05, 0) is 49.8 Å². The number of non-ortho nitro benzene ring substituents is 1. The fourth-order valence-electron chi connectivity index (χ4n) is 3.80. The van der Waals surface area contributed by atoms with Gasteiger partial charge in [-0.3, -0.25) is 14.9 Å². The predicted octanol–water partition coefficient (Wildman–Crippen LogP) is 3.71. The Labute approximate surface area is 142 Å². The number of nitro groups is 1. The van der Waals surface area contributed by atoms with Crippen molar-refractivity contribution in [2.45, 2.75) is 32.1 Å². The van der Waals surface area contributed by atoms with Crippen LogP contribution in [0, 0.1) is 22.0 Å². The molecule has 1 aliphatic heterocycles. The first-order chi connectivity index (χ1) is 10.6.